The summed E-state index contributed by atoms with van der Waals surface area (Å²) in [6.45, 7) is 3.71. The summed E-state index contributed by atoms with van der Waals surface area (Å²) in [7, 11) is 0. The number of benzene rings is 1. The predicted octanol–water partition coefficient (Wildman–Crippen LogP) is 1.99. The Bertz CT molecular complexity index is 466. The van der Waals surface area contributed by atoms with E-state index in [2.05, 4.69) is 9.97 Å². The molecule has 14 heavy (non-hydrogen) atoms. The van der Waals surface area contributed by atoms with Gasteiger partial charge in [0.15, 0.2) is 0 Å². The van der Waals surface area contributed by atoms with E-state index < -0.39 is 6.10 Å². The summed E-state index contributed by atoms with van der Waals surface area (Å²) in [6.07, 6.45) is 0.944. The maximum Gasteiger partial charge on any atom is 0.116 e. The van der Waals surface area contributed by atoms with Gasteiger partial charge in [0.2, 0.25) is 0 Å². The fraction of sp³-hybridized carbons (Fsp3) is 0.273. The molecule has 0 fully saturated rings. The molecule has 1 atom stereocenters. The third kappa shape index (κ3) is 1.36. The minimum Gasteiger partial charge on any atom is -0.387 e. The smallest absolute Gasteiger partial charge is 0.116 e. The number of hydrogen-bond donors (Lipinski definition) is 1. The highest BCUT2D eigenvalue weighted by Gasteiger charge is 2.08. The van der Waals surface area contributed by atoms with E-state index in [4.69, 9.17) is 0 Å². The molecule has 0 saturated carbocycles. The summed E-state index contributed by atoms with van der Waals surface area (Å²) < 4.78 is 0. The second-order valence-corrected chi connectivity index (χ2v) is 3.41. The second kappa shape index (κ2) is 3.35. The fourth-order valence-corrected chi connectivity index (χ4v) is 1.59. The lowest BCUT2D eigenvalue weighted by molar-refractivity contribution is 0.196. The monoisotopic (exact) mass is 188 g/mol. The zero-order valence-electron chi connectivity index (χ0n) is 8.23. The van der Waals surface area contributed by atoms with Crippen LogP contribution in [-0.2, 0) is 0 Å². The first-order valence-electron chi connectivity index (χ1n) is 4.58. The van der Waals surface area contributed by atoms with E-state index in [9.17, 15) is 5.11 Å². The maximum absolute atomic E-state index is 9.52. The molecule has 2 rings (SSSR count). The van der Waals surface area contributed by atoms with Crippen LogP contribution in [0.1, 0.15) is 24.3 Å². The van der Waals surface area contributed by atoms with Gasteiger partial charge in [-0.05, 0) is 19.4 Å². The van der Waals surface area contributed by atoms with Crippen LogP contribution in [0.2, 0.25) is 0 Å². The lowest BCUT2D eigenvalue weighted by atomic mass is 10.1. The van der Waals surface area contributed by atoms with Crippen LogP contribution in [0, 0.1) is 6.92 Å². The van der Waals surface area contributed by atoms with E-state index in [0.29, 0.717) is 5.69 Å². The number of aryl methyl sites for hydroxylation is 1. The van der Waals surface area contributed by atoms with Crippen molar-refractivity contribution < 1.29 is 5.11 Å². The minimum absolute atomic E-state index is 0.553. The van der Waals surface area contributed by atoms with E-state index in [-0.39, 0.29) is 0 Å². The van der Waals surface area contributed by atoms with E-state index in [1.165, 1.54) is 6.33 Å². The van der Waals surface area contributed by atoms with Crippen molar-refractivity contribution in [2.24, 2.45) is 0 Å². The normalized spacial score (nSPS) is 13.1. The first-order valence-corrected chi connectivity index (χ1v) is 4.58. The summed E-state index contributed by atoms with van der Waals surface area (Å²) in [5, 5.41) is 10.5. The number of aliphatic hydroxyl groups is 1. The number of fused-ring (bicyclic) bond motifs is 1. The highest BCUT2D eigenvalue weighted by Crippen LogP contribution is 2.22. The van der Waals surface area contributed by atoms with Gasteiger partial charge in [0.25, 0.3) is 0 Å². The Hall–Kier alpha value is -1.48. The highest BCUT2D eigenvalue weighted by molar-refractivity contribution is 5.83. The van der Waals surface area contributed by atoms with Crippen LogP contribution in [-0.4, -0.2) is 15.1 Å². The first kappa shape index (κ1) is 9.09. The molecule has 1 N–H and O–H groups in total. The zero-order valence-corrected chi connectivity index (χ0v) is 8.23. The molecule has 1 unspecified atom stereocenters. The number of para-hydroxylation sites is 1. The van der Waals surface area contributed by atoms with Crippen LogP contribution in [0.4, 0.5) is 0 Å². The first-order chi connectivity index (χ1) is 6.70. The van der Waals surface area contributed by atoms with Crippen molar-refractivity contribution >= 4 is 10.9 Å². The molecule has 1 aromatic heterocycles. The summed E-state index contributed by atoms with van der Waals surface area (Å²) in [5.41, 5.74) is 2.71. The predicted molar refractivity (Wildman–Crippen MR) is 54.9 cm³/mol. The molecule has 1 heterocycles. The lowest BCUT2D eigenvalue weighted by Gasteiger charge is -2.08. The molecule has 0 amide bonds. The molecule has 1 aromatic carbocycles. The topological polar surface area (TPSA) is 46.0 Å². The molecule has 0 aliphatic carbocycles. The third-order valence-electron chi connectivity index (χ3n) is 2.29. The van der Waals surface area contributed by atoms with Gasteiger partial charge in [-0.2, -0.15) is 0 Å². The van der Waals surface area contributed by atoms with Gasteiger partial charge < -0.3 is 5.11 Å². The van der Waals surface area contributed by atoms with Gasteiger partial charge in [-0.25, -0.2) is 9.97 Å². The van der Waals surface area contributed by atoms with Crippen LogP contribution in [0.25, 0.3) is 10.9 Å². The summed E-state index contributed by atoms with van der Waals surface area (Å²) in [4.78, 5) is 8.29. The van der Waals surface area contributed by atoms with Crippen molar-refractivity contribution in [2.75, 3.05) is 0 Å². The van der Waals surface area contributed by atoms with Crippen molar-refractivity contribution in [3.63, 3.8) is 0 Å². The van der Waals surface area contributed by atoms with E-state index in [1.807, 2.05) is 25.1 Å². The van der Waals surface area contributed by atoms with Crippen LogP contribution in [0.3, 0.4) is 0 Å². The standard InChI is InChI=1S/C11H12N2O/c1-7-4-3-5-9-10(7)12-6-13-11(9)8(2)14/h3-6,8,14H,1-2H3. The second-order valence-electron chi connectivity index (χ2n) is 3.41. The largest absolute Gasteiger partial charge is 0.387 e. The van der Waals surface area contributed by atoms with Crippen molar-refractivity contribution in [1.29, 1.82) is 0 Å². The molecule has 0 radical (unpaired) electrons. The molecule has 0 spiro atoms. The van der Waals surface area contributed by atoms with Gasteiger partial charge in [0.05, 0.1) is 17.3 Å². The Morgan fingerprint density at radius 1 is 1.29 bits per heavy atom. The molecule has 0 saturated heterocycles. The van der Waals surface area contributed by atoms with Crippen molar-refractivity contribution in [3.05, 3.63) is 35.8 Å². The van der Waals surface area contributed by atoms with Crippen LogP contribution < -0.4 is 0 Å². The van der Waals surface area contributed by atoms with Crippen LogP contribution in [0.15, 0.2) is 24.5 Å². The molecule has 0 bridgehead atoms. The van der Waals surface area contributed by atoms with E-state index in [0.717, 1.165) is 16.5 Å². The molecule has 3 nitrogen and oxygen atoms in total. The summed E-state index contributed by atoms with van der Waals surface area (Å²) in [5.74, 6) is 0. The molecule has 0 aliphatic rings. The summed E-state index contributed by atoms with van der Waals surface area (Å²) in [6, 6.07) is 5.89. The third-order valence-corrected chi connectivity index (χ3v) is 2.29. The molecule has 2 aromatic rings. The van der Waals surface area contributed by atoms with Crippen molar-refractivity contribution in [2.45, 2.75) is 20.0 Å². The van der Waals surface area contributed by atoms with Gasteiger partial charge in [0, 0.05) is 5.39 Å². The van der Waals surface area contributed by atoms with Gasteiger partial charge in [0.1, 0.15) is 6.33 Å². The van der Waals surface area contributed by atoms with Crippen LogP contribution in [0.5, 0.6) is 0 Å². The number of aromatic nitrogens is 2. The van der Waals surface area contributed by atoms with Gasteiger partial charge in [-0.1, -0.05) is 18.2 Å². The quantitative estimate of drug-likeness (QED) is 0.744. The average Bonchev–Trinajstić information content (AvgIpc) is 2.17. The molecular weight excluding hydrogens is 176 g/mol. The minimum atomic E-state index is -0.553. The Morgan fingerprint density at radius 3 is 2.79 bits per heavy atom. The van der Waals surface area contributed by atoms with Gasteiger partial charge in [-0.15, -0.1) is 0 Å². The number of rotatable bonds is 1. The fourth-order valence-electron chi connectivity index (χ4n) is 1.59. The maximum atomic E-state index is 9.52. The van der Waals surface area contributed by atoms with Gasteiger partial charge >= 0.3 is 0 Å². The Morgan fingerprint density at radius 2 is 2.07 bits per heavy atom. The average molecular weight is 188 g/mol. The van der Waals surface area contributed by atoms with Gasteiger partial charge in [-0.3, -0.25) is 0 Å². The zero-order chi connectivity index (χ0) is 10.1. The molecule has 72 valence electrons. The molecule has 0 aliphatic heterocycles. The Kier molecular flexibility index (Phi) is 2.17. The van der Waals surface area contributed by atoms with E-state index in [1.54, 1.807) is 6.92 Å². The number of hydrogen-bond acceptors (Lipinski definition) is 3. The highest BCUT2D eigenvalue weighted by atomic mass is 16.3. The van der Waals surface area contributed by atoms with Crippen molar-refractivity contribution in [1.82, 2.24) is 9.97 Å². The van der Waals surface area contributed by atoms with Crippen molar-refractivity contribution in [3.8, 4) is 0 Å². The lowest BCUT2D eigenvalue weighted by Crippen LogP contribution is -1.98. The SMILES string of the molecule is Cc1cccc2c(C(C)O)ncnc12. The van der Waals surface area contributed by atoms with Crippen LogP contribution >= 0.6 is 0 Å². The molecule has 3 heteroatoms. The Balaban J connectivity index is 2.81. The molecular formula is C11H12N2O. The number of aliphatic hydroxyl groups excluding tert-OH is 1. The van der Waals surface area contributed by atoms with E-state index >= 15 is 0 Å². The number of nitrogens with zero attached hydrogens (tertiary/aromatic N) is 2. The summed E-state index contributed by atoms with van der Waals surface area (Å²) >= 11 is 0. The Labute approximate surface area is 82.4 Å².